The van der Waals surface area contributed by atoms with Gasteiger partial charge in [0.05, 0.1) is 12.6 Å². The maximum absolute atomic E-state index is 12.2. The summed E-state index contributed by atoms with van der Waals surface area (Å²) in [6.45, 7) is 10.1. The van der Waals surface area contributed by atoms with Gasteiger partial charge >= 0.3 is 0 Å². The first kappa shape index (κ1) is 18.2. The summed E-state index contributed by atoms with van der Waals surface area (Å²) < 4.78 is 0. The van der Waals surface area contributed by atoms with Crippen molar-refractivity contribution in [2.24, 2.45) is 11.8 Å². The Bertz CT molecular complexity index is 519. The van der Waals surface area contributed by atoms with Crippen LogP contribution in [0.1, 0.15) is 46.2 Å². The fourth-order valence-electron chi connectivity index (χ4n) is 2.24. The molecule has 0 spiro atoms. The topological polar surface area (TPSA) is 64.9 Å². The Kier molecular flexibility index (Phi) is 6.58. The molecular weight excluding hydrogens is 274 g/mol. The van der Waals surface area contributed by atoms with Crippen LogP contribution in [0.3, 0.4) is 0 Å². The molecule has 4 heteroatoms. The molecule has 22 heavy (non-hydrogen) atoms. The quantitative estimate of drug-likeness (QED) is 0.813. The van der Waals surface area contributed by atoms with Crippen molar-refractivity contribution in [2.75, 3.05) is 6.54 Å². The van der Waals surface area contributed by atoms with Crippen LogP contribution >= 0.6 is 0 Å². The van der Waals surface area contributed by atoms with Crippen molar-refractivity contribution in [1.82, 2.24) is 10.6 Å². The van der Waals surface area contributed by atoms with Crippen LogP contribution < -0.4 is 10.6 Å². The minimum absolute atomic E-state index is 0.0523. The molecule has 0 radical (unpaired) electrons. The van der Waals surface area contributed by atoms with E-state index in [2.05, 4.69) is 42.7 Å². The Labute approximate surface area is 133 Å². The SMILES string of the molecule is CC(C)[C@@H](NCC(=O)N[C@](C)(C#N)C(C)C)c1ccccc1. The van der Waals surface area contributed by atoms with Gasteiger partial charge < -0.3 is 10.6 Å². The molecule has 0 aliphatic rings. The molecule has 1 aromatic carbocycles. The number of nitriles is 1. The highest BCUT2D eigenvalue weighted by molar-refractivity contribution is 5.79. The highest BCUT2D eigenvalue weighted by Crippen LogP contribution is 2.21. The van der Waals surface area contributed by atoms with Gasteiger partial charge in [-0.1, -0.05) is 58.0 Å². The number of rotatable bonds is 7. The maximum atomic E-state index is 12.2. The van der Waals surface area contributed by atoms with E-state index in [0.717, 1.165) is 5.56 Å². The third-order valence-corrected chi connectivity index (χ3v) is 4.09. The zero-order valence-electron chi connectivity index (χ0n) is 14.2. The standard InChI is InChI=1S/C18H27N3O/c1-13(2)17(15-9-7-6-8-10-15)20-11-16(22)21-18(5,12-19)14(3)4/h6-10,13-14,17,20H,11H2,1-5H3,(H,21,22)/t17-,18-/m1/s1. The molecule has 1 rings (SSSR count). The molecule has 0 saturated heterocycles. The first-order valence-corrected chi connectivity index (χ1v) is 7.80. The van der Waals surface area contributed by atoms with E-state index in [9.17, 15) is 10.1 Å². The van der Waals surface area contributed by atoms with Crippen molar-refractivity contribution in [1.29, 1.82) is 5.26 Å². The first-order chi connectivity index (χ1) is 10.3. The molecule has 0 aromatic heterocycles. The zero-order valence-corrected chi connectivity index (χ0v) is 14.2. The number of carbonyl (C=O) groups excluding carboxylic acids is 1. The molecule has 0 aliphatic heterocycles. The molecule has 2 atom stereocenters. The average molecular weight is 301 g/mol. The van der Waals surface area contributed by atoms with E-state index in [0.29, 0.717) is 5.92 Å². The van der Waals surface area contributed by atoms with Gasteiger partial charge in [0.1, 0.15) is 5.54 Å². The van der Waals surface area contributed by atoms with E-state index < -0.39 is 5.54 Å². The van der Waals surface area contributed by atoms with Crippen LogP contribution in [0, 0.1) is 23.2 Å². The Morgan fingerprint density at radius 1 is 1.23 bits per heavy atom. The monoisotopic (exact) mass is 301 g/mol. The molecule has 0 heterocycles. The molecule has 0 fully saturated rings. The van der Waals surface area contributed by atoms with E-state index in [1.807, 2.05) is 32.0 Å². The second kappa shape index (κ2) is 7.95. The van der Waals surface area contributed by atoms with Gasteiger partial charge in [-0.3, -0.25) is 4.79 Å². The summed E-state index contributed by atoms with van der Waals surface area (Å²) in [5.74, 6) is 0.262. The van der Waals surface area contributed by atoms with Gasteiger partial charge in [-0.25, -0.2) is 0 Å². The number of nitrogens with zero attached hydrogens (tertiary/aromatic N) is 1. The van der Waals surface area contributed by atoms with E-state index in [4.69, 9.17) is 0 Å². The van der Waals surface area contributed by atoms with Crippen LogP contribution in [0.15, 0.2) is 30.3 Å². The summed E-state index contributed by atoms with van der Waals surface area (Å²) in [7, 11) is 0. The predicted octanol–water partition coefficient (Wildman–Crippen LogP) is 3.03. The number of hydrogen-bond donors (Lipinski definition) is 2. The summed E-state index contributed by atoms with van der Waals surface area (Å²) in [5.41, 5.74) is 0.330. The van der Waals surface area contributed by atoms with Crippen LogP contribution in [-0.2, 0) is 4.79 Å². The fraction of sp³-hybridized carbons (Fsp3) is 0.556. The lowest BCUT2D eigenvalue weighted by atomic mass is 9.90. The number of hydrogen-bond acceptors (Lipinski definition) is 3. The second-order valence-electron chi connectivity index (χ2n) is 6.53. The molecule has 4 nitrogen and oxygen atoms in total. The normalized spacial score (nSPS) is 15.2. The number of amides is 1. The van der Waals surface area contributed by atoms with Gasteiger partial charge in [0.15, 0.2) is 0 Å². The van der Waals surface area contributed by atoms with Crippen molar-refractivity contribution in [2.45, 2.75) is 46.2 Å². The van der Waals surface area contributed by atoms with Crippen molar-refractivity contribution in [3.05, 3.63) is 35.9 Å². The second-order valence-corrected chi connectivity index (χ2v) is 6.53. The Balaban J connectivity index is 2.67. The van der Waals surface area contributed by atoms with E-state index in [-0.39, 0.29) is 24.4 Å². The van der Waals surface area contributed by atoms with Crippen molar-refractivity contribution in [3.8, 4) is 6.07 Å². The van der Waals surface area contributed by atoms with Gasteiger partial charge in [0.2, 0.25) is 5.91 Å². The van der Waals surface area contributed by atoms with E-state index in [1.165, 1.54) is 0 Å². The minimum atomic E-state index is -0.834. The molecule has 120 valence electrons. The minimum Gasteiger partial charge on any atom is -0.337 e. The maximum Gasteiger partial charge on any atom is 0.235 e. The molecule has 0 aliphatic carbocycles. The lowest BCUT2D eigenvalue weighted by molar-refractivity contribution is -0.122. The number of benzene rings is 1. The first-order valence-electron chi connectivity index (χ1n) is 7.80. The Morgan fingerprint density at radius 2 is 1.82 bits per heavy atom. The third kappa shape index (κ3) is 4.85. The molecule has 0 bridgehead atoms. The lowest BCUT2D eigenvalue weighted by Crippen LogP contribution is -2.51. The van der Waals surface area contributed by atoms with E-state index >= 15 is 0 Å². The van der Waals surface area contributed by atoms with Gasteiger partial charge in [-0.05, 0) is 24.3 Å². The average Bonchev–Trinajstić information content (AvgIpc) is 2.47. The van der Waals surface area contributed by atoms with Crippen LogP contribution in [0.25, 0.3) is 0 Å². The van der Waals surface area contributed by atoms with Gasteiger partial charge in [0, 0.05) is 6.04 Å². The van der Waals surface area contributed by atoms with Crippen LogP contribution in [0.4, 0.5) is 0 Å². The molecule has 1 aromatic rings. The largest absolute Gasteiger partial charge is 0.337 e. The predicted molar refractivity (Wildman–Crippen MR) is 89.0 cm³/mol. The molecular formula is C18H27N3O. The van der Waals surface area contributed by atoms with Gasteiger partial charge in [-0.2, -0.15) is 5.26 Å². The van der Waals surface area contributed by atoms with Crippen molar-refractivity contribution >= 4 is 5.91 Å². The zero-order chi connectivity index (χ0) is 16.8. The Hall–Kier alpha value is -1.86. The Morgan fingerprint density at radius 3 is 2.27 bits per heavy atom. The van der Waals surface area contributed by atoms with Crippen molar-refractivity contribution < 1.29 is 4.79 Å². The highest BCUT2D eigenvalue weighted by Gasteiger charge is 2.30. The van der Waals surface area contributed by atoms with Gasteiger partial charge in [0.25, 0.3) is 0 Å². The fourth-order valence-corrected chi connectivity index (χ4v) is 2.24. The lowest BCUT2D eigenvalue weighted by Gasteiger charge is -2.28. The summed E-state index contributed by atoms with van der Waals surface area (Å²) in [6.07, 6.45) is 0. The summed E-state index contributed by atoms with van der Waals surface area (Å²) in [6, 6.07) is 12.4. The van der Waals surface area contributed by atoms with E-state index in [1.54, 1.807) is 6.92 Å². The molecule has 1 amide bonds. The summed E-state index contributed by atoms with van der Waals surface area (Å²) in [5, 5.41) is 15.4. The highest BCUT2D eigenvalue weighted by atomic mass is 16.2. The van der Waals surface area contributed by atoms with Crippen LogP contribution in [0.5, 0.6) is 0 Å². The van der Waals surface area contributed by atoms with Crippen LogP contribution in [-0.4, -0.2) is 18.0 Å². The number of carbonyl (C=O) groups is 1. The summed E-state index contributed by atoms with van der Waals surface area (Å²) >= 11 is 0. The molecule has 0 unspecified atom stereocenters. The third-order valence-electron chi connectivity index (χ3n) is 4.09. The molecule has 2 N–H and O–H groups in total. The smallest absolute Gasteiger partial charge is 0.235 e. The number of nitrogens with one attached hydrogen (secondary N) is 2. The summed E-state index contributed by atoms with van der Waals surface area (Å²) in [4.78, 5) is 12.2. The van der Waals surface area contributed by atoms with Crippen molar-refractivity contribution in [3.63, 3.8) is 0 Å². The van der Waals surface area contributed by atoms with Crippen LogP contribution in [0.2, 0.25) is 0 Å². The van der Waals surface area contributed by atoms with Gasteiger partial charge in [-0.15, -0.1) is 0 Å². The molecule has 0 saturated carbocycles.